The van der Waals surface area contributed by atoms with Gasteiger partial charge in [-0.25, -0.2) is 0 Å². The van der Waals surface area contributed by atoms with Gasteiger partial charge in [-0.05, 0) is 23.8 Å². The number of benzene rings is 2. The standard InChI is InChI=1S/C19H20ClNO5/c1-25-16-7-6-13(11-21-18(22)8-9-19(23)24)10-17(16)26-12-14-4-2-3-5-15(14)20/h2-7,10H,8-9,11-12H2,1H3,(H,21,22)(H,23,24). The van der Waals surface area contributed by atoms with Gasteiger partial charge >= 0.3 is 5.97 Å². The van der Waals surface area contributed by atoms with Crippen molar-refractivity contribution in [2.45, 2.75) is 26.0 Å². The fraction of sp³-hybridized carbons (Fsp3) is 0.263. The molecule has 0 bridgehead atoms. The number of carboxylic acid groups (broad SMARTS) is 1. The van der Waals surface area contributed by atoms with E-state index in [1.54, 1.807) is 31.4 Å². The maximum atomic E-state index is 11.6. The molecule has 0 saturated carbocycles. The third kappa shape index (κ3) is 5.97. The number of methoxy groups -OCH3 is 1. The summed E-state index contributed by atoms with van der Waals surface area (Å²) in [6.07, 6.45) is -0.248. The molecule has 7 heteroatoms. The number of amides is 1. The molecule has 0 aromatic heterocycles. The molecule has 0 spiro atoms. The molecular weight excluding hydrogens is 358 g/mol. The van der Waals surface area contributed by atoms with E-state index in [9.17, 15) is 9.59 Å². The van der Waals surface area contributed by atoms with E-state index < -0.39 is 5.97 Å². The fourth-order valence-electron chi connectivity index (χ4n) is 2.22. The van der Waals surface area contributed by atoms with Crippen LogP contribution in [0.5, 0.6) is 11.5 Å². The van der Waals surface area contributed by atoms with Crippen LogP contribution in [-0.2, 0) is 22.7 Å². The number of carbonyl (C=O) groups excluding carboxylic acids is 1. The minimum absolute atomic E-state index is 0.0542. The van der Waals surface area contributed by atoms with Crippen molar-refractivity contribution < 1.29 is 24.2 Å². The lowest BCUT2D eigenvalue weighted by atomic mass is 10.2. The summed E-state index contributed by atoms with van der Waals surface area (Å²) >= 11 is 6.13. The smallest absolute Gasteiger partial charge is 0.303 e. The molecule has 0 saturated heterocycles. The highest BCUT2D eigenvalue weighted by atomic mass is 35.5. The number of carboxylic acids is 1. The van der Waals surface area contributed by atoms with E-state index in [-0.39, 0.29) is 31.9 Å². The molecule has 0 aliphatic heterocycles. The highest BCUT2D eigenvalue weighted by Gasteiger charge is 2.09. The third-order valence-corrected chi connectivity index (χ3v) is 3.99. The minimum atomic E-state index is -1.00. The molecule has 0 unspecified atom stereocenters. The van der Waals surface area contributed by atoms with Crippen LogP contribution in [0.15, 0.2) is 42.5 Å². The average Bonchev–Trinajstić information content (AvgIpc) is 2.64. The molecule has 2 aromatic rings. The van der Waals surface area contributed by atoms with Crippen LogP contribution in [0.4, 0.5) is 0 Å². The van der Waals surface area contributed by atoms with Crippen LogP contribution in [0, 0.1) is 0 Å². The maximum absolute atomic E-state index is 11.6. The number of ether oxygens (including phenoxy) is 2. The molecule has 0 atom stereocenters. The zero-order valence-corrected chi connectivity index (χ0v) is 15.1. The van der Waals surface area contributed by atoms with Crippen LogP contribution >= 0.6 is 11.6 Å². The Balaban J connectivity index is 2.00. The Kier molecular flexibility index (Phi) is 7.29. The summed E-state index contributed by atoms with van der Waals surface area (Å²) in [5, 5.41) is 11.9. The molecule has 0 radical (unpaired) electrons. The topological polar surface area (TPSA) is 84.9 Å². The van der Waals surface area contributed by atoms with Gasteiger partial charge in [-0.2, -0.15) is 0 Å². The summed E-state index contributed by atoms with van der Waals surface area (Å²) in [4.78, 5) is 22.1. The Bertz CT molecular complexity index is 778. The van der Waals surface area contributed by atoms with Crippen LogP contribution in [0.25, 0.3) is 0 Å². The van der Waals surface area contributed by atoms with E-state index in [1.165, 1.54) is 0 Å². The van der Waals surface area contributed by atoms with Crippen LogP contribution in [0.3, 0.4) is 0 Å². The van der Waals surface area contributed by atoms with Gasteiger partial charge in [0.05, 0.1) is 13.5 Å². The van der Waals surface area contributed by atoms with Gasteiger partial charge in [-0.1, -0.05) is 35.9 Å². The zero-order valence-electron chi connectivity index (χ0n) is 14.3. The number of aliphatic carboxylic acids is 1. The number of hydrogen-bond donors (Lipinski definition) is 2. The molecule has 6 nitrogen and oxygen atoms in total. The molecule has 26 heavy (non-hydrogen) atoms. The molecule has 2 N–H and O–H groups in total. The molecule has 0 aliphatic rings. The van der Waals surface area contributed by atoms with Crippen molar-refractivity contribution in [3.63, 3.8) is 0 Å². The fourth-order valence-corrected chi connectivity index (χ4v) is 2.41. The normalized spacial score (nSPS) is 10.2. The molecule has 0 heterocycles. The summed E-state index contributed by atoms with van der Waals surface area (Å²) in [5.41, 5.74) is 1.66. The van der Waals surface area contributed by atoms with Crippen LogP contribution in [0.2, 0.25) is 5.02 Å². The van der Waals surface area contributed by atoms with E-state index in [0.29, 0.717) is 16.5 Å². The first-order valence-electron chi connectivity index (χ1n) is 8.01. The largest absolute Gasteiger partial charge is 0.493 e. The Labute approximate surface area is 156 Å². The lowest BCUT2D eigenvalue weighted by molar-refractivity contribution is -0.138. The van der Waals surface area contributed by atoms with E-state index in [4.69, 9.17) is 26.2 Å². The second-order valence-electron chi connectivity index (χ2n) is 5.54. The molecule has 0 aliphatic carbocycles. The van der Waals surface area contributed by atoms with Gasteiger partial charge in [-0.15, -0.1) is 0 Å². The van der Waals surface area contributed by atoms with E-state index >= 15 is 0 Å². The van der Waals surface area contributed by atoms with E-state index in [1.807, 2.05) is 18.2 Å². The summed E-state index contributed by atoms with van der Waals surface area (Å²) in [6, 6.07) is 12.7. The Morgan fingerprint density at radius 3 is 2.58 bits per heavy atom. The molecule has 138 valence electrons. The van der Waals surface area contributed by atoms with Crippen molar-refractivity contribution in [3.05, 3.63) is 58.6 Å². The summed E-state index contributed by atoms with van der Waals surface area (Å²) in [7, 11) is 1.55. The lowest BCUT2D eigenvalue weighted by Crippen LogP contribution is -2.23. The first-order valence-corrected chi connectivity index (χ1v) is 8.39. The average molecular weight is 378 g/mol. The van der Waals surface area contributed by atoms with Crippen LogP contribution in [-0.4, -0.2) is 24.1 Å². The van der Waals surface area contributed by atoms with Gasteiger partial charge in [0.25, 0.3) is 0 Å². The molecule has 2 aromatic carbocycles. The number of halogens is 1. The van der Waals surface area contributed by atoms with Crippen molar-refractivity contribution in [1.29, 1.82) is 0 Å². The predicted octanol–water partition coefficient (Wildman–Crippen LogP) is 3.41. The third-order valence-electron chi connectivity index (χ3n) is 3.62. The summed E-state index contributed by atoms with van der Waals surface area (Å²) < 4.78 is 11.1. The summed E-state index contributed by atoms with van der Waals surface area (Å²) in [5.74, 6) is -0.218. The van der Waals surface area contributed by atoms with Crippen LogP contribution in [0.1, 0.15) is 24.0 Å². The SMILES string of the molecule is COc1ccc(CNC(=O)CCC(=O)O)cc1OCc1ccccc1Cl. The summed E-state index contributed by atoms with van der Waals surface area (Å²) in [6.45, 7) is 0.551. The van der Waals surface area contributed by atoms with Crippen molar-refractivity contribution in [3.8, 4) is 11.5 Å². The quantitative estimate of drug-likeness (QED) is 0.699. The highest BCUT2D eigenvalue weighted by molar-refractivity contribution is 6.31. The van der Waals surface area contributed by atoms with Crippen molar-refractivity contribution in [1.82, 2.24) is 5.32 Å². The van der Waals surface area contributed by atoms with Crippen LogP contribution < -0.4 is 14.8 Å². The Morgan fingerprint density at radius 2 is 1.88 bits per heavy atom. The number of nitrogens with one attached hydrogen (secondary N) is 1. The highest BCUT2D eigenvalue weighted by Crippen LogP contribution is 2.29. The van der Waals surface area contributed by atoms with Gasteiger partial charge in [0.2, 0.25) is 5.91 Å². The Hall–Kier alpha value is -2.73. The van der Waals surface area contributed by atoms with Gasteiger partial charge in [0.15, 0.2) is 11.5 Å². The van der Waals surface area contributed by atoms with Gasteiger partial charge in [-0.3, -0.25) is 9.59 Å². The second-order valence-corrected chi connectivity index (χ2v) is 5.94. The van der Waals surface area contributed by atoms with Crippen molar-refractivity contribution in [2.75, 3.05) is 7.11 Å². The van der Waals surface area contributed by atoms with E-state index in [2.05, 4.69) is 5.32 Å². The first kappa shape index (κ1) is 19.6. The minimum Gasteiger partial charge on any atom is -0.493 e. The van der Waals surface area contributed by atoms with Gasteiger partial charge in [0.1, 0.15) is 6.61 Å². The van der Waals surface area contributed by atoms with Gasteiger partial charge < -0.3 is 19.9 Å². The number of hydrogen-bond acceptors (Lipinski definition) is 4. The zero-order chi connectivity index (χ0) is 18.9. The molecule has 0 fully saturated rings. The predicted molar refractivity (Wildman–Crippen MR) is 97.5 cm³/mol. The van der Waals surface area contributed by atoms with Gasteiger partial charge in [0, 0.05) is 23.6 Å². The molecule has 1 amide bonds. The molecular formula is C19H20ClNO5. The second kappa shape index (κ2) is 9.68. The first-order chi connectivity index (χ1) is 12.5. The lowest BCUT2D eigenvalue weighted by Gasteiger charge is -2.13. The number of carbonyl (C=O) groups is 2. The van der Waals surface area contributed by atoms with Crippen molar-refractivity contribution >= 4 is 23.5 Å². The molecule has 2 rings (SSSR count). The maximum Gasteiger partial charge on any atom is 0.303 e. The Morgan fingerprint density at radius 1 is 1.12 bits per heavy atom. The van der Waals surface area contributed by atoms with Crippen molar-refractivity contribution in [2.24, 2.45) is 0 Å². The number of rotatable bonds is 9. The monoisotopic (exact) mass is 377 g/mol. The van der Waals surface area contributed by atoms with E-state index in [0.717, 1.165) is 11.1 Å².